The van der Waals surface area contributed by atoms with Gasteiger partial charge in [-0.1, -0.05) is 0 Å². The van der Waals surface area contributed by atoms with Gasteiger partial charge >= 0.3 is 5.97 Å². The first kappa shape index (κ1) is 18.4. The SMILES string of the molecule is Cc1cc(N2CCOC(C(C)(O)C(=O)O)C2=O)nn1-c1cnnc(C#N)c1. The Bertz CT molecular complexity index is 947. The summed E-state index contributed by atoms with van der Waals surface area (Å²) in [6.45, 7) is 2.96. The van der Waals surface area contributed by atoms with Crippen molar-refractivity contribution in [3.8, 4) is 11.8 Å². The lowest BCUT2D eigenvalue weighted by atomic mass is 9.97. The van der Waals surface area contributed by atoms with E-state index in [-0.39, 0.29) is 24.7 Å². The molecule has 2 unspecified atom stereocenters. The first-order chi connectivity index (χ1) is 12.8. The van der Waals surface area contributed by atoms with Crippen molar-refractivity contribution in [3.63, 3.8) is 0 Å². The van der Waals surface area contributed by atoms with Gasteiger partial charge in [0.05, 0.1) is 25.0 Å². The summed E-state index contributed by atoms with van der Waals surface area (Å²) in [6, 6.07) is 5.01. The van der Waals surface area contributed by atoms with Crippen LogP contribution in [0.25, 0.3) is 5.69 Å². The van der Waals surface area contributed by atoms with Crippen LogP contribution in [0.3, 0.4) is 0 Å². The van der Waals surface area contributed by atoms with E-state index >= 15 is 0 Å². The van der Waals surface area contributed by atoms with Crippen molar-refractivity contribution in [3.05, 3.63) is 29.7 Å². The van der Waals surface area contributed by atoms with Crippen molar-refractivity contribution in [2.24, 2.45) is 0 Å². The van der Waals surface area contributed by atoms with Crippen molar-refractivity contribution in [2.75, 3.05) is 18.1 Å². The highest BCUT2D eigenvalue weighted by atomic mass is 16.5. The standard InChI is InChI=1S/C16H16N6O5/c1-9-5-12(20-22(9)11-6-10(7-17)19-18-8-11)21-3-4-27-13(14(21)23)16(2,26)15(24)25/h5-6,8,13,26H,3-4H2,1-2H3,(H,24,25). The fourth-order valence-electron chi connectivity index (χ4n) is 2.71. The van der Waals surface area contributed by atoms with Crippen molar-refractivity contribution in [1.82, 2.24) is 20.0 Å². The van der Waals surface area contributed by atoms with Crippen LogP contribution in [0.4, 0.5) is 5.82 Å². The first-order valence-corrected chi connectivity index (χ1v) is 7.94. The fourth-order valence-corrected chi connectivity index (χ4v) is 2.71. The molecule has 0 aliphatic carbocycles. The van der Waals surface area contributed by atoms with Crippen molar-refractivity contribution >= 4 is 17.7 Å². The van der Waals surface area contributed by atoms with Crippen LogP contribution in [0.15, 0.2) is 18.3 Å². The van der Waals surface area contributed by atoms with Gasteiger partial charge in [0.2, 0.25) is 0 Å². The number of aromatic nitrogens is 4. The molecule has 2 aromatic rings. The molecule has 0 aromatic carbocycles. The molecule has 0 bridgehead atoms. The normalized spacial score (nSPS) is 19.4. The monoisotopic (exact) mass is 372 g/mol. The maximum Gasteiger partial charge on any atom is 0.338 e. The van der Waals surface area contributed by atoms with Crippen LogP contribution in [0.1, 0.15) is 18.3 Å². The number of hydrogen-bond acceptors (Lipinski definition) is 8. The second-order valence-electron chi connectivity index (χ2n) is 6.16. The number of nitriles is 1. The van der Waals surface area contributed by atoms with Crippen LogP contribution in [-0.2, 0) is 14.3 Å². The summed E-state index contributed by atoms with van der Waals surface area (Å²) in [5, 5.41) is 40.0. The molecule has 11 heteroatoms. The van der Waals surface area contributed by atoms with E-state index in [0.717, 1.165) is 6.92 Å². The number of morpholine rings is 1. The molecule has 0 saturated carbocycles. The summed E-state index contributed by atoms with van der Waals surface area (Å²) in [5.74, 6) is -2.00. The summed E-state index contributed by atoms with van der Waals surface area (Å²) < 4.78 is 6.69. The average molecular weight is 372 g/mol. The van der Waals surface area contributed by atoms with Gasteiger partial charge in [-0.05, 0) is 13.8 Å². The van der Waals surface area contributed by atoms with E-state index in [9.17, 15) is 14.7 Å². The van der Waals surface area contributed by atoms with Gasteiger partial charge in [-0.15, -0.1) is 10.2 Å². The minimum absolute atomic E-state index is 0.0428. The van der Waals surface area contributed by atoms with E-state index in [2.05, 4.69) is 15.3 Å². The van der Waals surface area contributed by atoms with E-state index in [1.807, 2.05) is 6.07 Å². The minimum Gasteiger partial charge on any atom is -0.479 e. The third-order valence-corrected chi connectivity index (χ3v) is 4.18. The van der Waals surface area contributed by atoms with Crippen LogP contribution in [0, 0.1) is 18.3 Å². The Morgan fingerprint density at radius 1 is 1.48 bits per heavy atom. The smallest absolute Gasteiger partial charge is 0.338 e. The Kier molecular flexibility index (Phi) is 4.61. The summed E-state index contributed by atoms with van der Waals surface area (Å²) in [4.78, 5) is 25.2. The van der Waals surface area contributed by atoms with Crippen LogP contribution in [0.2, 0.25) is 0 Å². The van der Waals surface area contributed by atoms with E-state index in [0.29, 0.717) is 11.4 Å². The Morgan fingerprint density at radius 3 is 2.89 bits per heavy atom. The molecule has 3 rings (SSSR count). The Hall–Kier alpha value is -3.36. The molecule has 2 atom stereocenters. The van der Waals surface area contributed by atoms with Gasteiger partial charge in [-0.3, -0.25) is 9.69 Å². The highest BCUT2D eigenvalue weighted by Gasteiger charge is 2.49. The number of rotatable bonds is 4. The zero-order chi connectivity index (χ0) is 19.8. The molecule has 2 aromatic heterocycles. The number of nitrogens with zero attached hydrogens (tertiary/aromatic N) is 6. The average Bonchev–Trinajstić information content (AvgIpc) is 3.03. The molecule has 0 spiro atoms. The molecule has 11 nitrogen and oxygen atoms in total. The van der Waals surface area contributed by atoms with Crippen molar-refractivity contribution < 1.29 is 24.5 Å². The maximum absolute atomic E-state index is 12.7. The number of carbonyl (C=O) groups excluding carboxylic acids is 1. The minimum atomic E-state index is -2.37. The Labute approximate surface area is 153 Å². The first-order valence-electron chi connectivity index (χ1n) is 7.94. The summed E-state index contributed by atoms with van der Waals surface area (Å²) in [6.07, 6.45) is -0.133. The van der Waals surface area contributed by atoms with Gasteiger partial charge in [0.15, 0.2) is 23.2 Å². The van der Waals surface area contributed by atoms with Gasteiger partial charge < -0.3 is 14.9 Å². The zero-order valence-electron chi connectivity index (χ0n) is 14.5. The molecule has 2 N–H and O–H groups in total. The molecule has 1 saturated heterocycles. The Balaban J connectivity index is 1.94. The molecule has 0 radical (unpaired) electrons. The van der Waals surface area contributed by atoms with Gasteiger partial charge in [0.25, 0.3) is 5.91 Å². The van der Waals surface area contributed by atoms with E-state index in [4.69, 9.17) is 15.1 Å². The third-order valence-electron chi connectivity index (χ3n) is 4.18. The van der Waals surface area contributed by atoms with E-state index in [1.165, 1.54) is 21.8 Å². The molecule has 1 fully saturated rings. The van der Waals surface area contributed by atoms with Crippen molar-refractivity contribution in [2.45, 2.75) is 25.6 Å². The molecular weight excluding hydrogens is 356 g/mol. The van der Waals surface area contributed by atoms with E-state index < -0.39 is 23.6 Å². The fraction of sp³-hybridized carbons (Fsp3) is 0.375. The van der Waals surface area contributed by atoms with Gasteiger partial charge in [-0.25, -0.2) is 9.48 Å². The number of carboxylic acid groups (broad SMARTS) is 1. The van der Waals surface area contributed by atoms with Gasteiger partial charge in [-0.2, -0.15) is 10.4 Å². The van der Waals surface area contributed by atoms with Crippen LogP contribution >= 0.6 is 0 Å². The number of amides is 1. The van der Waals surface area contributed by atoms with Crippen LogP contribution < -0.4 is 4.90 Å². The second kappa shape index (κ2) is 6.75. The lowest BCUT2D eigenvalue weighted by Gasteiger charge is -2.36. The largest absolute Gasteiger partial charge is 0.479 e. The molecule has 1 aliphatic heterocycles. The summed E-state index contributed by atoms with van der Waals surface area (Å²) in [5.41, 5.74) is -1.11. The number of ether oxygens (including phenoxy) is 1. The van der Waals surface area contributed by atoms with Crippen molar-refractivity contribution in [1.29, 1.82) is 5.26 Å². The highest BCUT2D eigenvalue weighted by molar-refractivity contribution is 6.00. The molecular formula is C16H16N6O5. The number of hydrogen-bond donors (Lipinski definition) is 2. The lowest BCUT2D eigenvalue weighted by molar-refractivity contribution is -0.180. The number of carbonyl (C=O) groups is 2. The van der Waals surface area contributed by atoms with Gasteiger partial charge in [0, 0.05) is 17.8 Å². The molecule has 3 heterocycles. The second-order valence-corrected chi connectivity index (χ2v) is 6.16. The highest BCUT2D eigenvalue weighted by Crippen LogP contribution is 2.25. The number of aliphatic carboxylic acids is 1. The summed E-state index contributed by atoms with van der Waals surface area (Å²) in [7, 11) is 0. The molecule has 140 valence electrons. The quantitative estimate of drug-likeness (QED) is 0.716. The molecule has 27 heavy (non-hydrogen) atoms. The zero-order valence-corrected chi connectivity index (χ0v) is 14.5. The predicted molar refractivity (Wildman–Crippen MR) is 89.0 cm³/mol. The predicted octanol–water partition coefficient (Wildman–Crippen LogP) is -0.590. The van der Waals surface area contributed by atoms with E-state index in [1.54, 1.807) is 13.0 Å². The topological polar surface area (TPSA) is 154 Å². The van der Waals surface area contributed by atoms with Gasteiger partial charge in [0.1, 0.15) is 6.07 Å². The number of anilines is 1. The third kappa shape index (κ3) is 3.23. The number of aliphatic hydroxyl groups is 1. The summed E-state index contributed by atoms with van der Waals surface area (Å²) >= 11 is 0. The number of carboxylic acids is 1. The van der Waals surface area contributed by atoms with Crippen LogP contribution in [-0.4, -0.2) is 66.9 Å². The van der Waals surface area contributed by atoms with Crippen LogP contribution in [0.5, 0.6) is 0 Å². The maximum atomic E-state index is 12.7. The molecule has 1 aliphatic rings. The molecule has 1 amide bonds. The lowest BCUT2D eigenvalue weighted by Crippen LogP contribution is -2.60. The number of aryl methyl sites for hydroxylation is 1. The Morgan fingerprint density at radius 2 is 2.22 bits per heavy atom.